The van der Waals surface area contributed by atoms with Gasteiger partial charge in [0.2, 0.25) is 25.0 Å². The molecule has 0 spiro atoms. The molecule has 0 aromatic heterocycles. The van der Waals surface area contributed by atoms with Crippen molar-refractivity contribution in [2.24, 2.45) is 0 Å². The van der Waals surface area contributed by atoms with Crippen molar-refractivity contribution >= 4 is 54.0 Å². The molecule has 2 nitrogen and oxygen atoms in total. The maximum absolute atomic E-state index is 6.57. The SMILES string of the molecule is [CH2-][Si@@]1(C)O[Si](C)(C)c2cc3c(cc21)[Si](C)(C)O[Si]3(C)C.[H+]. The van der Waals surface area contributed by atoms with Crippen LogP contribution in [0, 0.1) is 6.55 Å². The molecule has 0 amide bonds. The summed E-state index contributed by atoms with van der Waals surface area (Å²) in [5, 5.41) is 5.99. The van der Waals surface area contributed by atoms with Crippen molar-refractivity contribution in [3.63, 3.8) is 0 Å². The highest BCUT2D eigenvalue weighted by Crippen LogP contribution is 2.25. The van der Waals surface area contributed by atoms with Gasteiger partial charge in [-0.15, -0.1) is 0 Å². The predicted octanol–water partition coefficient (Wildman–Crippen LogP) is 1.25. The van der Waals surface area contributed by atoms with Gasteiger partial charge in [-0.05, 0) is 54.8 Å². The maximum Gasteiger partial charge on any atom is 1.00 e. The van der Waals surface area contributed by atoms with Gasteiger partial charge in [-0.2, -0.15) is 0 Å². The largest absolute Gasteiger partial charge is 1.00 e. The third kappa shape index (κ3) is 1.93. The normalized spacial score (nSPS) is 32.0. The van der Waals surface area contributed by atoms with Gasteiger partial charge in [0.05, 0.1) is 8.32 Å². The van der Waals surface area contributed by atoms with Crippen molar-refractivity contribution in [3.05, 3.63) is 18.7 Å². The molecule has 0 bridgehead atoms. The molecule has 0 N–H and O–H groups in total. The predicted molar refractivity (Wildman–Crippen MR) is 97.7 cm³/mol. The standard InChI is InChI=1S/C14H25O2Si4/c1-17(2)11-9-13-14(10-12(11)18(3,4)15-17)20(7,8)16-19(13,5)6/h9-10H,1H2,2-8H3/q-1/p+1/t17-/m0/s1. The fourth-order valence-corrected chi connectivity index (χ4v) is 23.8. The minimum atomic E-state index is -1.95. The molecule has 1 atom stereocenters. The van der Waals surface area contributed by atoms with Crippen molar-refractivity contribution in [3.8, 4) is 0 Å². The Kier molecular flexibility index (Phi) is 2.87. The second-order valence-corrected chi connectivity index (χ2v) is 23.2. The van der Waals surface area contributed by atoms with Gasteiger partial charge < -0.3 is 14.8 Å². The summed E-state index contributed by atoms with van der Waals surface area (Å²) in [5.74, 6) is 0. The molecule has 0 saturated heterocycles. The minimum absolute atomic E-state index is 0. The molecule has 0 unspecified atom stereocenters. The molecule has 0 radical (unpaired) electrons. The molecule has 20 heavy (non-hydrogen) atoms. The second-order valence-electron chi connectivity index (χ2n) is 7.91. The summed E-state index contributed by atoms with van der Waals surface area (Å²) < 4.78 is 13.0. The third-order valence-electron chi connectivity index (χ3n) is 4.66. The lowest BCUT2D eigenvalue weighted by atomic mass is 10.3. The van der Waals surface area contributed by atoms with Crippen LogP contribution in [0.1, 0.15) is 1.43 Å². The molecule has 110 valence electrons. The summed E-state index contributed by atoms with van der Waals surface area (Å²) >= 11 is 0. The van der Waals surface area contributed by atoms with Crippen LogP contribution < -0.4 is 20.7 Å². The van der Waals surface area contributed by atoms with Crippen LogP contribution in [0.2, 0.25) is 45.8 Å². The quantitative estimate of drug-likeness (QED) is 0.524. The molecule has 0 aliphatic carbocycles. The molecule has 3 rings (SSSR count). The Morgan fingerprint density at radius 1 is 0.700 bits per heavy atom. The van der Waals surface area contributed by atoms with Gasteiger partial charge in [-0.25, -0.2) is 0 Å². The molecule has 2 aliphatic heterocycles. The number of hydrogen-bond acceptors (Lipinski definition) is 2. The Morgan fingerprint density at radius 3 is 1.55 bits per heavy atom. The summed E-state index contributed by atoms with van der Waals surface area (Å²) in [6.07, 6.45) is 0. The van der Waals surface area contributed by atoms with Crippen LogP contribution in [-0.2, 0) is 8.23 Å². The Labute approximate surface area is 128 Å². The van der Waals surface area contributed by atoms with E-state index in [-0.39, 0.29) is 1.43 Å². The van der Waals surface area contributed by atoms with Gasteiger partial charge in [-0.3, -0.25) is 0 Å². The molecule has 1 aromatic rings. The Hall–Kier alpha value is 0.00753. The maximum atomic E-state index is 6.57. The zero-order valence-electron chi connectivity index (χ0n) is 14.7. The van der Waals surface area contributed by atoms with E-state index in [1.165, 1.54) is 20.7 Å². The number of rotatable bonds is 0. The summed E-state index contributed by atoms with van der Waals surface area (Å²) in [7, 11) is -7.18. The lowest BCUT2D eigenvalue weighted by Crippen LogP contribution is -2.55. The first-order valence-electron chi connectivity index (χ1n) is 7.32. The van der Waals surface area contributed by atoms with Gasteiger partial charge in [0, 0.05) is 0 Å². The summed E-state index contributed by atoms with van der Waals surface area (Å²) in [6, 6.07) is 4.91. The topological polar surface area (TPSA) is 18.5 Å². The van der Waals surface area contributed by atoms with E-state index in [2.05, 4.69) is 64.5 Å². The van der Waals surface area contributed by atoms with Crippen molar-refractivity contribution in [2.45, 2.75) is 45.8 Å². The Bertz CT molecular complexity index is 511. The van der Waals surface area contributed by atoms with Crippen LogP contribution in [0.15, 0.2) is 12.1 Å². The smallest absolute Gasteiger partial charge is 0.474 e. The average Bonchev–Trinajstić information content (AvgIpc) is 2.52. The first-order chi connectivity index (χ1) is 8.87. The third-order valence-corrected chi connectivity index (χ3v) is 19.8. The fraction of sp³-hybridized carbons (Fsp3) is 0.500. The lowest BCUT2D eigenvalue weighted by molar-refractivity contribution is 0.583. The van der Waals surface area contributed by atoms with Crippen LogP contribution in [-0.4, -0.2) is 33.3 Å². The summed E-state index contributed by atoms with van der Waals surface area (Å²) in [5.41, 5.74) is 0. The van der Waals surface area contributed by atoms with E-state index in [1.54, 1.807) is 0 Å². The van der Waals surface area contributed by atoms with Gasteiger partial charge >= 0.3 is 1.43 Å². The minimum Gasteiger partial charge on any atom is -0.474 e. The van der Waals surface area contributed by atoms with Gasteiger partial charge in [0.1, 0.15) is 0 Å². The lowest BCUT2D eigenvalue weighted by Gasteiger charge is -2.29. The van der Waals surface area contributed by atoms with Crippen LogP contribution in [0.4, 0.5) is 0 Å². The zero-order chi connectivity index (χ0) is 15.1. The highest BCUT2D eigenvalue weighted by molar-refractivity contribution is 7.10. The Morgan fingerprint density at radius 2 is 1.05 bits per heavy atom. The van der Waals surface area contributed by atoms with Crippen LogP contribution in [0.3, 0.4) is 0 Å². The number of fused-ring (bicyclic) bond motifs is 2. The summed E-state index contributed by atoms with van der Waals surface area (Å²) in [4.78, 5) is 0. The van der Waals surface area contributed by atoms with E-state index in [0.717, 1.165) is 0 Å². The molecular weight excluding hydrogens is 312 g/mol. The average molecular weight is 339 g/mol. The van der Waals surface area contributed by atoms with Crippen LogP contribution in [0.25, 0.3) is 0 Å². The molecule has 2 aliphatic rings. The molecule has 6 heteroatoms. The zero-order valence-corrected chi connectivity index (χ0v) is 17.7. The van der Waals surface area contributed by atoms with Crippen molar-refractivity contribution in [1.82, 2.24) is 0 Å². The highest BCUT2D eigenvalue weighted by atomic mass is 28.4. The summed E-state index contributed by atoms with van der Waals surface area (Å²) in [6.45, 7) is 20.7. The first-order valence-corrected chi connectivity index (χ1v) is 18.7. The molecular formula is C14H26O2Si4. The van der Waals surface area contributed by atoms with Crippen LogP contribution in [0.5, 0.6) is 0 Å². The first kappa shape index (κ1) is 14.9. The Balaban J connectivity index is 0.00000161. The van der Waals surface area contributed by atoms with Crippen molar-refractivity contribution < 1.29 is 9.66 Å². The monoisotopic (exact) mass is 338 g/mol. The van der Waals surface area contributed by atoms with E-state index in [9.17, 15) is 0 Å². The van der Waals surface area contributed by atoms with Crippen molar-refractivity contribution in [1.29, 1.82) is 0 Å². The molecule has 2 heterocycles. The number of hydrogen-bond donors (Lipinski definition) is 0. The molecule has 0 saturated carbocycles. The number of benzene rings is 1. The van der Waals surface area contributed by atoms with Crippen molar-refractivity contribution in [2.75, 3.05) is 0 Å². The van der Waals surface area contributed by atoms with E-state index in [1.807, 2.05) is 0 Å². The van der Waals surface area contributed by atoms with Gasteiger partial charge in [0.25, 0.3) is 0 Å². The van der Waals surface area contributed by atoms with E-state index in [4.69, 9.17) is 8.23 Å². The van der Waals surface area contributed by atoms with E-state index >= 15 is 0 Å². The van der Waals surface area contributed by atoms with E-state index in [0.29, 0.717) is 0 Å². The van der Waals surface area contributed by atoms with E-state index < -0.39 is 33.3 Å². The van der Waals surface area contributed by atoms with Gasteiger partial charge in [-0.1, -0.05) is 23.9 Å². The highest BCUT2D eigenvalue weighted by Gasteiger charge is 2.50. The van der Waals surface area contributed by atoms with Crippen LogP contribution >= 0.6 is 0 Å². The second kappa shape index (κ2) is 3.85. The molecule has 0 fully saturated rings. The molecule has 1 aromatic carbocycles. The van der Waals surface area contributed by atoms with Gasteiger partial charge in [0.15, 0.2) is 0 Å². The fourth-order valence-electron chi connectivity index (χ4n) is 3.95.